The van der Waals surface area contributed by atoms with Crippen LogP contribution in [0.2, 0.25) is 0 Å². The third-order valence-corrected chi connectivity index (χ3v) is 4.36. The van der Waals surface area contributed by atoms with E-state index < -0.39 is 0 Å². The average molecular weight is 371 g/mol. The molecule has 0 aliphatic rings. The molecular formula is C21H26FN3O2. The van der Waals surface area contributed by atoms with Crippen molar-refractivity contribution in [3.05, 3.63) is 65.0 Å². The standard InChI is InChI=1S/C21H26FN3O2/c1-4-25(5-2)20(26)13-16-6-9-18(10-7-16)24-21(27)23-14-17-8-11-19(22)15(3)12-17/h6-12H,4-5,13-14H2,1-3H3,(H2,23,24,27). The average Bonchev–Trinajstić information content (AvgIpc) is 2.65. The normalized spacial score (nSPS) is 10.4. The first-order valence-corrected chi connectivity index (χ1v) is 9.09. The Hall–Kier alpha value is -2.89. The SMILES string of the molecule is CCN(CC)C(=O)Cc1ccc(NC(=O)NCc2ccc(F)c(C)c2)cc1. The fraction of sp³-hybridized carbons (Fsp3) is 0.333. The van der Waals surface area contributed by atoms with Gasteiger partial charge in [0.05, 0.1) is 6.42 Å². The van der Waals surface area contributed by atoms with Crippen molar-refractivity contribution in [1.29, 1.82) is 0 Å². The Morgan fingerprint density at radius 2 is 1.63 bits per heavy atom. The first-order valence-electron chi connectivity index (χ1n) is 9.09. The van der Waals surface area contributed by atoms with E-state index in [0.717, 1.165) is 11.1 Å². The van der Waals surface area contributed by atoms with E-state index >= 15 is 0 Å². The molecule has 0 bridgehead atoms. The molecule has 2 aromatic rings. The summed E-state index contributed by atoms with van der Waals surface area (Å²) in [7, 11) is 0. The quantitative estimate of drug-likeness (QED) is 0.776. The van der Waals surface area contributed by atoms with Gasteiger partial charge in [0.25, 0.3) is 0 Å². The van der Waals surface area contributed by atoms with Gasteiger partial charge in [-0.1, -0.05) is 24.3 Å². The molecule has 0 aromatic heterocycles. The Morgan fingerprint density at radius 3 is 2.22 bits per heavy atom. The molecule has 0 radical (unpaired) electrons. The molecule has 2 rings (SSSR count). The van der Waals surface area contributed by atoms with E-state index in [1.54, 1.807) is 36.1 Å². The summed E-state index contributed by atoms with van der Waals surface area (Å²) < 4.78 is 13.3. The van der Waals surface area contributed by atoms with Gasteiger partial charge in [-0.3, -0.25) is 4.79 Å². The Kier molecular flexibility index (Phi) is 7.34. The Labute approximate surface area is 159 Å². The third kappa shape index (κ3) is 6.09. The maximum atomic E-state index is 13.3. The lowest BCUT2D eigenvalue weighted by Crippen LogP contribution is -2.31. The molecule has 144 valence electrons. The van der Waals surface area contributed by atoms with Gasteiger partial charge < -0.3 is 15.5 Å². The highest BCUT2D eigenvalue weighted by atomic mass is 19.1. The van der Waals surface area contributed by atoms with E-state index in [1.165, 1.54) is 6.07 Å². The van der Waals surface area contributed by atoms with Crippen LogP contribution in [0.3, 0.4) is 0 Å². The van der Waals surface area contributed by atoms with Gasteiger partial charge >= 0.3 is 6.03 Å². The molecule has 3 amide bonds. The summed E-state index contributed by atoms with van der Waals surface area (Å²) in [5.74, 6) is -0.171. The van der Waals surface area contributed by atoms with Crippen molar-refractivity contribution < 1.29 is 14.0 Å². The van der Waals surface area contributed by atoms with Gasteiger partial charge in [-0.05, 0) is 55.7 Å². The van der Waals surface area contributed by atoms with Crippen molar-refractivity contribution in [2.75, 3.05) is 18.4 Å². The molecule has 2 N–H and O–H groups in total. The zero-order valence-electron chi connectivity index (χ0n) is 16.0. The van der Waals surface area contributed by atoms with Gasteiger partial charge in [-0.25, -0.2) is 9.18 Å². The van der Waals surface area contributed by atoms with Gasteiger partial charge in [0.15, 0.2) is 0 Å². The topological polar surface area (TPSA) is 61.4 Å². The molecule has 0 aliphatic carbocycles. The molecule has 0 fully saturated rings. The van der Waals surface area contributed by atoms with Crippen LogP contribution in [-0.4, -0.2) is 29.9 Å². The fourth-order valence-electron chi connectivity index (χ4n) is 2.74. The second-order valence-corrected chi connectivity index (χ2v) is 6.33. The van der Waals surface area contributed by atoms with E-state index in [-0.39, 0.29) is 17.8 Å². The van der Waals surface area contributed by atoms with Gasteiger partial charge in [-0.15, -0.1) is 0 Å². The van der Waals surface area contributed by atoms with Crippen molar-refractivity contribution in [3.8, 4) is 0 Å². The Balaban J connectivity index is 1.85. The number of hydrogen-bond acceptors (Lipinski definition) is 2. The van der Waals surface area contributed by atoms with Crippen LogP contribution >= 0.6 is 0 Å². The number of nitrogens with one attached hydrogen (secondary N) is 2. The zero-order valence-corrected chi connectivity index (χ0v) is 16.0. The maximum Gasteiger partial charge on any atom is 0.319 e. The molecule has 0 unspecified atom stereocenters. The number of halogens is 1. The predicted molar refractivity (Wildman–Crippen MR) is 105 cm³/mol. The lowest BCUT2D eigenvalue weighted by atomic mass is 10.1. The summed E-state index contributed by atoms with van der Waals surface area (Å²) >= 11 is 0. The molecule has 0 atom stereocenters. The monoisotopic (exact) mass is 371 g/mol. The molecular weight excluding hydrogens is 345 g/mol. The van der Waals surface area contributed by atoms with Crippen molar-refractivity contribution in [1.82, 2.24) is 10.2 Å². The number of rotatable bonds is 7. The number of benzene rings is 2. The molecule has 0 heterocycles. The van der Waals surface area contributed by atoms with Crippen molar-refractivity contribution >= 4 is 17.6 Å². The number of nitrogens with zero attached hydrogens (tertiary/aromatic N) is 1. The van der Waals surface area contributed by atoms with Crippen molar-refractivity contribution in [2.45, 2.75) is 33.7 Å². The van der Waals surface area contributed by atoms with Gasteiger partial charge in [0.2, 0.25) is 5.91 Å². The smallest absolute Gasteiger partial charge is 0.319 e. The van der Waals surface area contributed by atoms with Gasteiger partial charge in [0, 0.05) is 25.3 Å². The first-order chi connectivity index (χ1) is 12.9. The number of carbonyl (C=O) groups excluding carboxylic acids is 2. The lowest BCUT2D eigenvalue weighted by molar-refractivity contribution is -0.130. The molecule has 0 saturated carbocycles. The second kappa shape index (κ2) is 9.71. The van der Waals surface area contributed by atoms with Crippen LogP contribution in [0.4, 0.5) is 14.9 Å². The van der Waals surface area contributed by atoms with E-state index in [2.05, 4.69) is 10.6 Å². The zero-order chi connectivity index (χ0) is 19.8. The highest BCUT2D eigenvalue weighted by Gasteiger charge is 2.10. The summed E-state index contributed by atoms with van der Waals surface area (Å²) in [6.45, 7) is 7.31. The summed E-state index contributed by atoms with van der Waals surface area (Å²) in [5, 5.41) is 5.48. The third-order valence-electron chi connectivity index (χ3n) is 4.36. The van der Waals surface area contributed by atoms with E-state index in [9.17, 15) is 14.0 Å². The summed E-state index contributed by atoms with van der Waals surface area (Å²) in [6, 6.07) is 11.6. The van der Waals surface area contributed by atoms with Crippen LogP contribution in [0.25, 0.3) is 0 Å². The Morgan fingerprint density at radius 1 is 1.00 bits per heavy atom. The summed E-state index contributed by atoms with van der Waals surface area (Å²) in [6.07, 6.45) is 0.345. The van der Waals surface area contributed by atoms with Crippen LogP contribution in [0.5, 0.6) is 0 Å². The molecule has 27 heavy (non-hydrogen) atoms. The minimum Gasteiger partial charge on any atom is -0.343 e. The van der Waals surface area contributed by atoms with Crippen LogP contribution in [0.15, 0.2) is 42.5 Å². The molecule has 5 nitrogen and oxygen atoms in total. The molecule has 6 heteroatoms. The Bertz CT molecular complexity index is 787. The van der Waals surface area contributed by atoms with E-state index in [4.69, 9.17) is 0 Å². The van der Waals surface area contributed by atoms with Gasteiger partial charge in [-0.2, -0.15) is 0 Å². The number of hydrogen-bond donors (Lipinski definition) is 2. The number of carbonyl (C=O) groups is 2. The summed E-state index contributed by atoms with van der Waals surface area (Å²) in [5.41, 5.74) is 2.92. The number of aryl methyl sites for hydroxylation is 1. The lowest BCUT2D eigenvalue weighted by Gasteiger charge is -2.18. The number of urea groups is 1. The predicted octanol–water partition coefficient (Wildman–Crippen LogP) is 3.87. The van der Waals surface area contributed by atoms with Crippen LogP contribution in [-0.2, 0) is 17.8 Å². The minimum atomic E-state index is -0.344. The first kappa shape index (κ1) is 20.4. The molecule has 0 aliphatic heterocycles. The summed E-state index contributed by atoms with van der Waals surface area (Å²) in [4.78, 5) is 25.9. The van der Waals surface area contributed by atoms with Crippen molar-refractivity contribution in [2.24, 2.45) is 0 Å². The van der Waals surface area contributed by atoms with E-state index in [0.29, 0.717) is 37.3 Å². The number of likely N-dealkylation sites (N-methyl/N-ethyl adjacent to an activating group) is 1. The van der Waals surface area contributed by atoms with Crippen LogP contribution < -0.4 is 10.6 Å². The van der Waals surface area contributed by atoms with Crippen LogP contribution in [0, 0.1) is 12.7 Å². The molecule has 2 aromatic carbocycles. The fourth-order valence-corrected chi connectivity index (χ4v) is 2.74. The molecule has 0 saturated heterocycles. The highest BCUT2D eigenvalue weighted by molar-refractivity contribution is 5.89. The maximum absolute atomic E-state index is 13.3. The second-order valence-electron chi connectivity index (χ2n) is 6.33. The molecule has 0 spiro atoms. The van der Waals surface area contributed by atoms with E-state index in [1.807, 2.05) is 26.0 Å². The van der Waals surface area contributed by atoms with Crippen molar-refractivity contribution in [3.63, 3.8) is 0 Å². The van der Waals surface area contributed by atoms with Gasteiger partial charge in [0.1, 0.15) is 5.82 Å². The largest absolute Gasteiger partial charge is 0.343 e. The van der Waals surface area contributed by atoms with Crippen LogP contribution in [0.1, 0.15) is 30.5 Å². The number of anilines is 1. The minimum absolute atomic E-state index is 0.0908. The number of amides is 3. The highest BCUT2D eigenvalue weighted by Crippen LogP contribution is 2.12.